The Morgan fingerprint density at radius 3 is 2.50 bits per heavy atom. The number of non-ortho nitro benzene ring substituents is 1. The molecule has 1 N–H and O–H groups in total. The molecule has 0 spiro atoms. The summed E-state index contributed by atoms with van der Waals surface area (Å²) in [6, 6.07) is 13.5. The second kappa shape index (κ2) is 9.41. The van der Waals surface area contributed by atoms with Gasteiger partial charge in [0.2, 0.25) is 0 Å². The lowest BCUT2D eigenvalue weighted by Gasteiger charge is -2.06. The molecule has 4 rings (SSSR count). The van der Waals surface area contributed by atoms with Crippen LogP contribution in [0.2, 0.25) is 0 Å². The number of benzene rings is 2. The lowest BCUT2D eigenvalue weighted by atomic mass is 10.1. The number of aryl methyl sites for hydroxylation is 1. The molecule has 0 amide bonds. The second-order valence-corrected chi connectivity index (χ2v) is 9.12. The SMILES string of the molecule is CCc1nnc([C@H]2C(=N)S/C(=C\c3ccc(OCc4ccc([N+](=O)[O-])cc4)cc3)C2=O)s1. The molecule has 1 saturated heterocycles. The van der Waals surface area contributed by atoms with Gasteiger partial charge in [0.1, 0.15) is 28.3 Å². The third-order valence-corrected chi connectivity index (χ3v) is 6.88. The van der Waals surface area contributed by atoms with Crippen molar-refractivity contribution in [1.29, 1.82) is 5.41 Å². The van der Waals surface area contributed by atoms with E-state index in [1.807, 2.05) is 19.1 Å². The second-order valence-electron chi connectivity index (χ2n) is 6.94. The van der Waals surface area contributed by atoms with E-state index < -0.39 is 10.8 Å². The first kappa shape index (κ1) is 21.8. The fourth-order valence-corrected chi connectivity index (χ4v) is 4.99. The van der Waals surface area contributed by atoms with Crippen LogP contribution in [0.5, 0.6) is 5.75 Å². The summed E-state index contributed by atoms with van der Waals surface area (Å²) >= 11 is 2.54. The van der Waals surface area contributed by atoms with Gasteiger partial charge in [0.05, 0.1) is 14.9 Å². The van der Waals surface area contributed by atoms with Crippen molar-refractivity contribution in [2.24, 2.45) is 0 Å². The van der Waals surface area contributed by atoms with E-state index in [1.54, 1.807) is 30.3 Å². The Morgan fingerprint density at radius 1 is 1.16 bits per heavy atom. The van der Waals surface area contributed by atoms with E-state index in [-0.39, 0.29) is 23.1 Å². The standard InChI is InChI=1S/C22H18N4O4S2/c1-2-18-24-25-22(32-18)19-20(27)17(31-21(19)23)11-13-5-9-16(10-6-13)30-12-14-3-7-15(8-4-14)26(28)29/h3-11,19,23H,2,12H2,1H3/b17-11-,23-21?/t19-/m1/s1. The number of nitro benzene ring substituents is 1. The van der Waals surface area contributed by atoms with Crippen LogP contribution in [-0.4, -0.2) is 25.9 Å². The fourth-order valence-electron chi connectivity index (χ4n) is 3.03. The average molecular weight is 467 g/mol. The zero-order chi connectivity index (χ0) is 22.7. The van der Waals surface area contributed by atoms with Crippen molar-refractivity contribution in [2.45, 2.75) is 25.9 Å². The van der Waals surface area contributed by atoms with E-state index in [0.29, 0.717) is 15.7 Å². The van der Waals surface area contributed by atoms with Gasteiger partial charge in [0.15, 0.2) is 5.78 Å². The van der Waals surface area contributed by atoms with Crippen LogP contribution in [-0.2, 0) is 17.8 Å². The molecule has 162 valence electrons. The summed E-state index contributed by atoms with van der Waals surface area (Å²) < 4.78 is 5.73. The molecular weight excluding hydrogens is 448 g/mol. The molecule has 10 heteroatoms. The summed E-state index contributed by atoms with van der Waals surface area (Å²) in [6.07, 6.45) is 2.52. The number of hydrogen-bond acceptors (Lipinski definition) is 9. The van der Waals surface area contributed by atoms with E-state index in [0.717, 1.165) is 34.3 Å². The normalized spacial score (nSPS) is 17.2. The Bertz CT molecular complexity index is 1200. The maximum atomic E-state index is 12.9. The molecule has 8 nitrogen and oxygen atoms in total. The summed E-state index contributed by atoms with van der Waals surface area (Å²) in [5, 5.41) is 28.8. The summed E-state index contributed by atoms with van der Waals surface area (Å²) in [5.41, 5.74) is 1.68. The van der Waals surface area contributed by atoms with Gasteiger partial charge in [0, 0.05) is 12.1 Å². The highest BCUT2D eigenvalue weighted by molar-refractivity contribution is 8.19. The van der Waals surface area contributed by atoms with Gasteiger partial charge in [-0.05, 0) is 47.9 Å². The monoisotopic (exact) mass is 466 g/mol. The van der Waals surface area contributed by atoms with Crippen LogP contribution in [0.25, 0.3) is 6.08 Å². The van der Waals surface area contributed by atoms with Gasteiger partial charge >= 0.3 is 0 Å². The van der Waals surface area contributed by atoms with Crippen molar-refractivity contribution >= 4 is 45.7 Å². The predicted molar refractivity (Wildman–Crippen MR) is 124 cm³/mol. The highest BCUT2D eigenvalue weighted by Gasteiger charge is 2.39. The first-order chi connectivity index (χ1) is 15.4. The molecule has 3 aromatic rings. The van der Waals surface area contributed by atoms with Gasteiger partial charge in [-0.2, -0.15) is 0 Å². The highest BCUT2D eigenvalue weighted by Crippen LogP contribution is 2.41. The molecule has 1 fully saturated rings. The number of allylic oxidation sites excluding steroid dienone is 1. The number of thioether (sulfide) groups is 1. The van der Waals surface area contributed by atoms with Crippen molar-refractivity contribution in [3.05, 3.63) is 84.7 Å². The molecule has 2 aromatic carbocycles. The van der Waals surface area contributed by atoms with Crippen molar-refractivity contribution in [3.8, 4) is 5.75 Å². The largest absolute Gasteiger partial charge is 0.489 e. The number of nitrogens with zero attached hydrogens (tertiary/aromatic N) is 3. The van der Waals surface area contributed by atoms with Crippen molar-refractivity contribution in [2.75, 3.05) is 0 Å². The smallest absolute Gasteiger partial charge is 0.269 e. The number of hydrogen-bond donors (Lipinski definition) is 1. The van der Waals surface area contributed by atoms with E-state index in [4.69, 9.17) is 10.1 Å². The van der Waals surface area contributed by atoms with Crippen LogP contribution in [0.15, 0.2) is 53.4 Å². The Morgan fingerprint density at radius 2 is 1.88 bits per heavy atom. The molecule has 0 unspecified atom stereocenters. The lowest BCUT2D eigenvalue weighted by molar-refractivity contribution is -0.384. The quantitative estimate of drug-likeness (QED) is 0.295. The number of carbonyl (C=O) groups excluding carboxylic acids is 1. The first-order valence-corrected chi connectivity index (χ1v) is 11.4. The van der Waals surface area contributed by atoms with Crippen LogP contribution in [0.3, 0.4) is 0 Å². The minimum absolute atomic E-state index is 0.0396. The predicted octanol–water partition coefficient (Wildman–Crippen LogP) is 5.01. The van der Waals surface area contributed by atoms with E-state index >= 15 is 0 Å². The summed E-state index contributed by atoms with van der Waals surface area (Å²) in [6.45, 7) is 2.26. The fraction of sp³-hybridized carbons (Fsp3) is 0.182. The van der Waals surface area contributed by atoms with Crippen LogP contribution >= 0.6 is 23.1 Å². The van der Waals surface area contributed by atoms with Crippen LogP contribution in [0, 0.1) is 15.5 Å². The zero-order valence-corrected chi connectivity index (χ0v) is 18.6. The zero-order valence-electron chi connectivity index (χ0n) is 17.0. The molecule has 1 atom stereocenters. The minimum atomic E-state index is -0.659. The van der Waals surface area contributed by atoms with E-state index in [2.05, 4.69) is 10.2 Å². The molecule has 2 heterocycles. The molecule has 0 aliphatic carbocycles. The molecule has 1 aliphatic heterocycles. The first-order valence-electron chi connectivity index (χ1n) is 9.75. The van der Waals surface area contributed by atoms with E-state index in [1.165, 1.54) is 23.5 Å². The number of rotatable bonds is 7. The van der Waals surface area contributed by atoms with Gasteiger partial charge in [-0.25, -0.2) is 0 Å². The summed E-state index contributed by atoms with van der Waals surface area (Å²) in [7, 11) is 0. The molecule has 0 saturated carbocycles. The molecular formula is C22H18N4O4S2. The third-order valence-electron chi connectivity index (χ3n) is 4.75. The van der Waals surface area contributed by atoms with Gasteiger partial charge < -0.3 is 4.74 Å². The summed E-state index contributed by atoms with van der Waals surface area (Å²) in [5.74, 6) is -0.145. The van der Waals surface area contributed by atoms with Gasteiger partial charge in [-0.15, -0.1) is 21.5 Å². The third kappa shape index (κ3) is 4.76. The molecule has 1 aromatic heterocycles. The van der Waals surface area contributed by atoms with Crippen molar-refractivity contribution in [1.82, 2.24) is 10.2 Å². The molecule has 0 bridgehead atoms. The summed E-state index contributed by atoms with van der Waals surface area (Å²) in [4.78, 5) is 23.6. The molecule has 0 radical (unpaired) electrons. The number of nitrogens with one attached hydrogen (secondary N) is 1. The number of nitro groups is 1. The molecule has 1 aliphatic rings. The van der Waals surface area contributed by atoms with Gasteiger partial charge in [-0.3, -0.25) is 20.3 Å². The number of carbonyl (C=O) groups is 1. The van der Waals surface area contributed by atoms with Crippen LogP contribution < -0.4 is 4.74 Å². The van der Waals surface area contributed by atoms with Gasteiger partial charge in [-0.1, -0.05) is 30.8 Å². The minimum Gasteiger partial charge on any atom is -0.489 e. The Kier molecular flexibility index (Phi) is 6.42. The van der Waals surface area contributed by atoms with Crippen molar-refractivity contribution < 1.29 is 14.5 Å². The maximum Gasteiger partial charge on any atom is 0.269 e. The number of ether oxygens (including phenoxy) is 1. The van der Waals surface area contributed by atoms with Crippen LogP contribution in [0.4, 0.5) is 5.69 Å². The Hall–Kier alpha value is -3.37. The van der Waals surface area contributed by atoms with Crippen molar-refractivity contribution in [3.63, 3.8) is 0 Å². The lowest BCUT2D eigenvalue weighted by Crippen LogP contribution is -2.11. The van der Waals surface area contributed by atoms with Gasteiger partial charge in [0.25, 0.3) is 5.69 Å². The Balaban J connectivity index is 1.41. The highest BCUT2D eigenvalue weighted by atomic mass is 32.2. The number of Topliss-reactive ketones (excluding diaryl/α,β-unsaturated/α-hetero) is 1. The number of ketones is 1. The maximum absolute atomic E-state index is 12.9. The molecule has 32 heavy (non-hydrogen) atoms. The topological polar surface area (TPSA) is 119 Å². The van der Waals surface area contributed by atoms with E-state index in [9.17, 15) is 14.9 Å². The average Bonchev–Trinajstić information content (AvgIpc) is 3.37. The Labute approximate surface area is 192 Å². The van der Waals surface area contributed by atoms with Crippen LogP contribution in [0.1, 0.15) is 34.0 Å². The number of aromatic nitrogens is 2.